The van der Waals surface area contributed by atoms with Gasteiger partial charge in [-0.15, -0.1) is 0 Å². The highest BCUT2D eigenvalue weighted by Crippen LogP contribution is 2.08. The third kappa shape index (κ3) is 6.18. The van der Waals surface area contributed by atoms with Gasteiger partial charge >= 0.3 is 0 Å². The van der Waals surface area contributed by atoms with E-state index in [9.17, 15) is 8.42 Å². The van der Waals surface area contributed by atoms with Crippen molar-refractivity contribution in [3.8, 4) is 0 Å². The van der Waals surface area contributed by atoms with E-state index in [2.05, 4.69) is 35.6 Å². The maximum absolute atomic E-state index is 11.3. The lowest BCUT2D eigenvalue weighted by atomic mass is 10.0. The van der Waals surface area contributed by atoms with Gasteiger partial charge in [0.2, 0.25) is 10.0 Å². The first kappa shape index (κ1) is 16.1. The van der Waals surface area contributed by atoms with Crippen molar-refractivity contribution < 1.29 is 8.42 Å². The molecule has 4 nitrogen and oxygen atoms in total. The lowest BCUT2D eigenvalue weighted by Gasteiger charge is -2.29. The molecule has 0 aliphatic heterocycles. The van der Waals surface area contributed by atoms with Crippen LogP contribution in [0.3, 0.4) is 0 Å². The molecule has 0 bridgehead atoms. The molecule has 0 fully saturated rings. The third-order valence-electron chi connectivity index (χ3n) is 3.22. The SMILES string of the molecule is CCN(CC)C(CNS(C)(=O)=O)Cc1ccccc1. The molecule has 0 aliphatic carbocycles. The maximum Gasteiger partial charge on any atom is 0.208 e. The largest absolute Gasteiger partial charge is 0.299 e. The molecule has 1 N–H and O–H groups in total. The summed E-state index contributed by atoms with van der Waals surface area (Å²) in [4.78, 5) is 2.28. The Balaban J connectivity index is 2.74. The molecule has 0 saturated heterocycles. The second kappa shape index (κ2) is 7.62. The fourth-order valence-corrected chi connectivity index (χ4v) is 2.70. The molecule has 1 unspecified atom stereocenters. The van der Waals surface area contributed by atoms with Gasteiger partial charge in [-0.2, -0.15) is 0 Å². The van der Waals surface area contributed by atoms with Gasteiger partial charge in [0.1, 0.15) is 0 Å². The van der Waals surface area contributed by atoms with Crippen LogP contribution in [0.4, 0.5) is 0 Å². The maximum atomic E-state index is 11.3. The fraction of sp³-hybridized carbons (Fsp3) is 0.571. The lowest BCUT2D eigenvalue weighted by molar-refractivity contribution is 0.216. The van der Waals surface area contributed by atoms with Crippen LogP contribution in [0.15, 0.2) is 30.3 Å². The van der Waals surface area contributed by atoms with E-state index >= 15 is 0 Å². The zero-order chi connectivity index (χ0) is 14.3. The van der Waals surface area contributed by atoms with Crippen molar-refractivity contribution in [3.63, 3.8) is 0 Å². The first-order chi connectivity index (χ1) is 8.96. The lowest BCUT2D eigenvalue weighted by Crippen LogP contribution is -2.44. The van der Waals surface area contributed by atoms with E-state index in [1.54, 1.807) is 0 Å². The highest BCUT2D eigenvalue weighted by atomic mass is 32.2. The first-order valence-corrected chi connectivity index (χ1v) is 8.58. The van der Waals surface area contributed by atoms with E-state index in [0.29, 0.717) is 6.54 Å². The number of likely N-dealkylation sites (N-methyl/N-ethyl adjacent to an activating group) is 1. The van der Waals surface area contributed by atoms with Gasteiger partial charge < -0.3 is 0 Å². The monoisotopic (exact) mass is 284 g/mol. The van der Waals surface area contributed by atoms with E-state index in [-0.39, 0.29) is 6.04 Å². The van der Waals surface area contributed by atoms with Crippen molar-refractivity contribution in [3.05, 3.63) is 35.9 Å². The van der Waals surface area contributed by atoms with Gasteiger partial charge in [-0.25, -0.2) is 13.1 Å². The number of sulfonamides is 1. The van der Waals surface area contributed by atoms with Crippen molar-refractivity contribution in [2.75, 3.05) is 25.9 Å². The Hall–Kier alpha value is -0.910. The van der Waals surface area contributed by atoms with Gasteiger partial charge in [0.15, 0.2) is 0 Å². The predicted octanol–water partition coefficient (Wildman–Crippen LogP) is 1.49. The topological polar surface area (TPSA) is 49.4 Å². The zero-order valence-corrected chi connectivity index (χ0v) is 12.8. The van der Waals surface area contributed by atoms with E-state index in [1.807, 2.05) is 18.2 Å². The summed E-state index contributed by atoms with van der Waals surface area (Å²) in [5, 5.41) is 0. The van der Waals surface area contributed by atoms with Crippen molar-refractivity contribution in [1.29, 1.82) is 0 Å². The molecular weight excluding hydrogens is 260 g/mol. The quantitative estimate of drug-likeness (QED) is 0.787. The second-order valence-electron chi connectivity index (χ2n) is 4.69. The van der Waals surface area contributed by atoms with Gasteiger partial charge in [-0.3, -0.25) is 4.90 Å². The number of hydrogen-bond acceptors (Lipinski definition) is 3. The Morgan fingerprint density at radius 3 is 2.21 bits per heavy atom. The Labute approximate surface area is 116 Å². The number of rotatable bonds is 8. The molecule has 1 aromatic carbocycles. The highest BCUT2D eigenvalue weighted by molar-refractivity contribution is 7.88. The molecule has 1 atom stereocenters. The molecule has 1 rings (SSSR count). The highest BCUT2D eigenvalue weighted by Gasteiger charge is 2.17. The minimum atomic E-state index is -3.14. The molecule has 0 spiro atoms. The van der Waals surface area contributed by atoms with Gasteiger partial charge in [0.25, 0.3) is 0 Å². The van der Waals surface area contributed by atoms with Crippen LogP contribution in [0, 0.1) is 0 Å². The summed E-state index contributed by atoms with van der Waals surface area (Å²) in [7, 11) is -3.14. The fourth-order valence-electron chi connectivity index (χ4n) is 2.20. The second-order valence-corrected chi connectivity index (χ2v) is 6.52. The summed E-state index contributed by atoms with van der Waals surface area (Å²) >= 11 is 0. The summed E-state index contributed by atoms with van der Waals surface area (Å²) in [6.07, 6.45) is 2.06. The van der Waals surface area contributed by atoms with Crippen molar-refractivity contribution in [2.24, 2.45) is 0 Å². The molecule has 0 aliphatic rings. The molecule has 0 heterocycles. The van der Waals surface area contributed by atoms with E-state index in [0.717, 1.165) is 19.5 Å². The van der Waals surface area contributed by atoms with Gasteiger partial charge in [-0.1, -0.05) is 44.2 Å². The van der Waals surface area contributed by atoms with Crippen LogP contribution in [0.25, 0.3) is 0 Å². The van der Waals surface area contributed by atoms with Crippen LogP contribution in [0.2, 0.25) is 0 Å². The molecule has 1 aromatic rings. The summed E-state index contributed by atoms with van der Waals surface area (Å²) < 4.78 is 25.1. The number of nitrogens with zero attached hydrogens (tertiary/aromatic N) is 1. The standard InChI is InChI=1S/C14H24N2O2S/c1-4-16(5-2)14(12-15-19(3,17)18)11-13-9-7-6-8-10-13/h6-10,14-15H,4-5,11-12H2,1-3H3. The van der Waals surface area contributed by atoms with Crippen LogP contribution >= 0.6 is 0 Å². The molecule has 0 amide bonds. The summed E-state index contributed by atoms with van der Waals surface area (Å²) in [5.41, 5.74) is 1.23. The first-order valence-electron chi connectivity index (χ1n) is 6.68. The van der Waals surface area contributed by atoms with E-state index in [1.165, 1.54) is 11.8 Å². The predicted molar refractivity (Wildman–Crippen MR) is 79.7 cm³/mol. The molecule has 0 radical (unpaired) electrons. The Morgan fingerprint density at radius 2 is 1.74 bits per heavy atom. The van der Waals surface area contributed by atoms with Gasteiger partial charge in [-0.05, 0) is 25.1 Å². The summed E-state index contributed by atoms with van der Waals surface area (Å²) in [5.74, 6) is 0. The van der Waals surface area contributed by atoms with Crippen LogP contribution < -0.4 is 4.72 Å². The average molecular weight is 284 g/mol. The van der Waals surface area contributed by atoms with Crippen LogP contribution in [0.1, 0.15) is 19.4 Å². The van der Waals surface area contributed by atoms with E-state index < -0.39 is 10.0 Å². The Bertz CT molecular complexity index is 456. The van der Waals surface area contributed by atoms with Gasteiger partial charge in [0, 0.05) is 12.6 Å². The molecule has 108 valence electrons. The van der Waals surface area contributed by atoms with Gasteiger partial charge in [0.05, 0.1) is 6.26 Å². The smallest absolute Gasteiger partial charge is 0.208 e. The van der Waals surface area contributed by atoms with E-state index in [4.69, 9.17) is 0 Å². The molecule has 19 heavy (non-hydrogen) atoms. The number of benzene rings is 1. The minimum Gasteiger partial charge on any atom is -0.299 e. The van der Waals surface area contributed by atoms with Crippen molar-refractivity contribution >= 4 is 10.0 Å². The minimum absolute atomic E-state index is 0.187. The van der Waals surface area contributed by atoms with Crippen LogP contribution in [0.5, 0.6) is 0 Å². The average Bonchev–Trinajstić information content (AvgIpc) is 2.37. The Kier molecular flexibility index (Phi) is 6.48. The zero-order valence-electron chi connectivity index (χ0n) is 12.0. The van der Waals surface area contributed by atoms with Crippen molar-refractivity contribution in [1.82, 2.24) is 9.62 Å². The van der Waals surface area contributed by atoms with Crippen LogP contribution in [-0.2, 0) is 16.4 Å². The Morgan fingerprint density at radius 1 is 1.16 bits per heavy atom. The molecular formula is C14H24N2O2S. The summed E-state index contributed by atoms with van der Waals surface area (Å²) in [6, 6.07) is 10.4. The third-order valence-corrected chi connectivity index (χ3v) is 3.92. The summed E-state index contributed by atoms with van der Waals surface area (Å²) in [6.45, 7) is 6.48. The normalized spacial score (nSPS) is 13.7. The number of nitrogens with one attached hydrogen (secondary N) is 1. The molecule has 0 saturated carbocycles. The molecule has 5 heteroatoms. The molecule has 0 aromatic heterocycles. The van der Waals surface area contributed by atoms with Crippen LogP contribution in [-0.4, -0.2) is 45.2 Å². The number of hydrogen-bond donors (Lipinski definition) is 1. The van der Waals surface area contributed by atoms with Crippen molar-refractivity contribution in [2.45, 2.75) is 26.3 Å².